The highest BCUT2D eigenvalue weighted by Gasteiger charge is 2.16. The monoisotopic (exact) mass is 332 g/mol. The molecule has 0 amide bonds. The lowest BCUT2D eigenvalue weighted by molar-refractivity contribution is 0.0818. The zero-order valence-corrected chi connectivity index (χ0v) is 13.4. The van der Waals surface area contributed by atoms with E-state index in [0.29, 0.717) is 11.3 Å². The summed E-state index contributed by atoms with van der Waals surface area (Å²) in [6.45, 7) is 5.77. The molecule has 0 aliphatic heterocycles. The average Bonchev–Trinajstić information content (AvgIpc) is 2.43. The quantitative estimate of drug-likeness (QED) is 0.757. The fourth-order valence-electron chi connectivity index (χ4n) is 1.90. The van der Waals surface area contributed by atoms with Crippen molar-refractivity contribution < 1.29 is 9.53 Å². The van der Waals surface area contributed by atoms with Crippen LogP contribution in [0.15, 0.2) is 46.9 Å². The number of carbonyl (C=O) groups is 1. The maximum Gasteiger partial charge on any atom is 0.202 e. The molecular weight excluding hydrogens is 316 g/mol. The zero-order chi connectivity index (χ0) is 14.7. The lowest BCUT2D eigenvalue weighted by Crippen LogP contribution is -2.23. The Morgan fingerprint density at radius 1 is 1.10 bits per heavy atom. The average molecular weight is 333 g/mol. The summed E-state index contributed by atoms with van der Waals surface area (Å²) < 4.78 is 6.76. The van der Waals surface area contributed by atoms with Crippen molar-refractivity contribution in [3.05, 3.63) is 63.6 Å². The van der Waals surface area contributed by atoms with Crippen LogP contribution in [0.4, 0.5) is 0 Å². The van der Waals surface area contributed by atoms with Gasteiger partial charge in [0.05, 0.1) is 0 Å². The van der Waals surface area contributed by atoms with E-state index in [-0.39, 0.29) is 5.78 Å². The Morgan fingerprint density at radius 3 is 2.35 bits per heavy atom. The van der Waals surface area contributed by atoms with E-state index < -0.39 is 6.10 Å². The van der Waals surface area contributed by atoms with Gasteiger partial charge in [0.25, 0.3) is 0 Å². The summed E-state index contributed by atoms with van der Waals surface area (Å²) in [4.78, 5) is 12.3. The summed E-state index contributed by atoms with van der Waals surface area (Å²) >= 11 is 3.45. The molecule has 2 rings (SSSR count). The molecule has 2 aromatic carbocycles. The molecule has 2 nitrogen and oxygen atoms in total. The van der Waals surface area contributed by atoms with Gasteiger partial charge in [-0.25, -0.2) is 0 Å². The van der Waals surface area contributed by atoms with E-state index in [0.717, 1.165) is 15.6 Å². The summed E-state index contributed by atoms with van der Waals surface area (Å²) in [5.41, 5.74) is 2.90. The highest BCUT2D eigenvalue weighted by atomic mass is 79.9. The van der Waals surface area contributed by atoms with E-state index in [1.807, 2.05) is 56.3 Å². The highest BCUT2D eigenvalue weighted by molar-refractivity contribution is 9.10. The van der Waals surface area contributed by atoms with Gasteiger partial charge >= 0.3 is 0 Å². The third kappa shape index (κ3) is 3.48. The van der Waals surface area contributed by atoms with Gasteiger partial charge in [0.1, 0.15) is 5.75 Å². The molecule has 0 aromatic heterocycles. The van der Waals surface area contributed by atoms with Crippen LogP contribution in [0, 0.1) is 13.8 Å². The van der Waals surface area contributed by atoms with Crippen molar-refractivity contribution in [1.82, 2.24) is 0 Å². The molecular formula is C17H17BrO2. The van der Waals surface area contributed by atoms with Crippen LogP contribution in [0.3, 0.4) is 0 Å². The summed E-state index contributed by atoms with van der Waals surface area (Å²) in [7, 11) is 0. The van der Waals surface area contributed by atoms with Crippen LogP contribution in [0.25, 0.3) is 0 Å². The third-order valence-electron chi connectivity index (χ3n) is 3.15. The topological polar surface area (TPSA) is 26.3 Å². The maximum absolute atomic E-state index is 12.3. The Morgan fingerprint density at radius 2 is 1.75 bits per heavy atom. The minimum atomic E-state index is -0.502. The SMILES string of the molecule is Cc1ccc(C(=O)C(C)Oc2ccc(Br)c(C)c2)cc1. The van der Waals surface area contributed by atoms with Gasteiger partial charge < -0.3 is 4.74 Å². The van der Waals surface area contributed by atoms with Crippen LogP contribution in [0.5, 0.6) is 5.75 Å². The van der Waals surface area contributed by atoms with Crippen LogP contribution in [0.1, 0.15) is 28.4 Å². The first kappa shape index (κ1) is 14.8. The lowest BCUT2D eigenvalue weighted by atomic mass is 10.1. The second-order valence-corrected chi connectivity index (χ2v) is 5.76. The fourth-order valence-corrected chi connectivity index (χ4v) is 2.15. The predicted octanol–water partition coefficient (Wildman–Crippen LogP) is 4.72. The van der Waals surface area contributed by atoms with Crippen LogP contribution in [0.2, 0.25) is 0 Å². The number of ether oxygens (including phenoxy) is 1. The predicted molar refractivity (Wildman–Crippen MR) is 84.5 cm³/mol. The summed E-state index contributed by atoms with van der Waals surface area (Å²) in [5.74, 6) is 0.698. The number of hydrogen-bond donors (Lipinski definition) is 0. The highest BCUT2D eigenvalue weighted by Crippen LogP contribution is 2.23. The molecule has 0 saturated carbocycles. The van der Waals surface area contributed by atoms with E-state index in [1.165, 1.54) is 0 Å². The molecule has 0 spiro atoms. The van der Waals surface area contributed by atoms with Crippen molar-refractivity contribution in [1.29, 1.82) is 0 Å². The van der Waals surface area contributed by atoms with Crippen LogP contribution < -0.4 is 4.74 Å². The van der Waals surface area contributed by atoms with Crippen LogP contribution in [-0.2, 0) is 0 Å². The first-order valence-corrected chi connectivity index (χ1v) is 7.30. The van der Waals surface area contributed by atoms with Gasteiger partial charge in [-0.05, 0) is 44.5 Å². The minimum absolute atomic E-state index is 0.00873. The Labute approximate surface area is 127 Å². The van der Waals surface area contributed by atoms with Crippen molar-refractivity contribution in [2.24, 2.45) is 0 Å². The van der Waals surface area contributed by atoms with Gasteiger partial charge in [-0.3, -0.25) is 4.79 Å². The van der Waals surface area contributed by atoms with Gasteiger partial charge in [-0.1, -0.05) is 45.8 Å². The van der Waals surface area contributed by atoms with E-state index in [4.69, 9.17) is 4.74 Å². The molecule has 3 heteroatoms. The smallest absolute Gasteiger partial charge is 0.202 e. The first-order valence-electron chi connectivity index (χ1n) is 6.51. The Kier molecular flexibility index (Phi) is 4.61. The molecule has 2 aromatic rings. The van der Waals surface area contributed by atoms with E-state index >= 15 is 0 Å². The number of Topliss-reactive ketones (excluding diaryl/α,β-unsaturated/α-hetero) is 1. The number of hydrogen-bond acceptors (Lipinski definition) is 2. The maximum atomic E-state index is 12.3. The van der Waals surface area contributed by atoms with Crippen LogP contribution >= 0.6 is 15.9 Å². The van der Waals surface area contributed by atoms with Gasteiger partial charge in [0, 0.05) is 10.0 Å². The van der Waals surface area contributed by atoms with Crippen molar-refractivity contribution in [2.75, 3.05) is 0 Å². The third-order valence-corrected chi connectivity index (χ3v) is 4.04. The van der Waals surface area contributed by atoms with Crippen molar-refractivity contribution in [3.8, 4) is 5.75 Å². The zero-order valence-electron chi connectivity index (χ0n) is 11.8. The summed E-state index contributed by atoms with van der Waals surface area (Å²) in [5, 5.41) is 0. The number of carbonyl (C=O) groups excluding carboxylic acids is 1. The largest absolute Gasteiger partial charge is 0.483 e. The molecule has 0 bridgehead atoms. The summed E-state index contributed by atoms with van der Waals surface area (Å²) in [6.07, 6.45) is -0.502. The molecule has 20 heavy (non-hydrogen) atoms. The molecule has 0 fully saturated rings. The number of benzene rings is 2. The second kappa shape index (κ2) is 6.23. The summed E-state index contributed by atoms with van der Waals surface area (Å²) in [6, 6.07) is 13.2. The first-order chi connectivity index (χ1) is 9.47. The molecule has 1 atom stereocenters. The molecule has 0 radical (unpaired) electrons. The van der Waals surface area contributed by atoms with Crippen LogP contribution in [-0.4, -0.2) is 11.9 Å². The molecule has 0 aliphatic carbocycles. The minimum Gasteiger partial charge on any atom is -0.483 e. The van der Waals surface area contributed by atoms with Gasteiger partial charge in [0.2, 0.25) is 5.78 Å². The Bertz CT molecular complexity index is 617. The van der Waals surface area contributed by atoms with Crippen molar-refractivity contribution in [3.63, 3.8) is 0 Å². The second-order valence-electron chi connectivity index (χ2n) is 4.90. The normalized spacial score (nSPS) is 12.0. The molecule has 0 aliphatic rings. The number of halogens is 1. The molecule has 0 saturated heterocycles. The number of rotatable bonds is 4. The Hall–Kier alpha value is -1.61. The molecule has 0 heterocycles. The Balaban J connectivity index is 2.11. The molecule has 1 unspecified atom stereocenters. The van der Waals surface area contributed by atoms with Crippen molar-refractivity contribution in [2.45, 2.75) is 26.9 Å². The molecule has 0 N–H and O–H groups in total. The van der Waals surface area contributed by atoms with Gasteiger partial charge in [0.15, 0.2) is 6.10 Å². The van der Waals surface area contributed by atoms with E-state index in [1.54, 1.807) is 6.92 Å². The van der Waals surface area contributed by atoms with E-state index in [2.05, 4.69) is 15.9 Å². The standard InChI is InChI=1S/C17H17BrO2/c1-11-4-6-14(7-5-11)17(19)13(3)20-15-8-9-16(18)12(2)10-15/h4-10,13H,1-3H3. The van der Waals surface area contributed by atoms with Gasteiger partial charge in [-0.15, -0.1) is 0 Å². The number of ketones is 1. The lowest BCUT2D eigenvalue weighted by Gasteiger charge is -2.14. The fraction of sp³-hybridized carbons (Fsp3) is 0.235. The van der Waals surface area contributed by atoms with Crippen molar-refractivity contribution >= 4 is 21.7 Å². The molecule has 104 valence electrons. The van der Waals surface area contributed by atoms with Gasteiger partial charge in [-0.2, -0.15) is 0 Å². The number of aryl methyl sites for hydroxylation is 2. The van der Waals surface area contributed by atoms with E-state index in [9.17, 15) is 4.79 Å².